The van der Waals surface area contributed by atoms with E-state index < -0.39 is 15.9 Å². The lowest BCUT2D eigenvalue weighted by Gasteiger charge is -2.32. The number of nitrogens with one attached hydrogen (secondary N) is 1. The third kappa shape index (κ3) is 5.30. The Kier molecular flexibility index (Phi) is 5.61. The number of β-amino-alcohol motifs (C(OH)–C–C–N with tert-alkyl or cyclic N) is 1. The molecule has 1 aromatic carbocycles. The van der Waals surface area contributed by atoms with Crippen molar-refractivity contribution in [2.75, 3.05) is 37.8 Å². The Labute approximate surface area is 126 Å². The fraction of sp³-hybridized carbons (Fsp3) is 0.600. The zero-order chi connectivity index (χ0) is 15.3. The minimum atomic E-state index is -2.93. The molecule has 1 aliphatic heterocycles. The molecule has 0 saturated carbocycles. The Bertz CT molecular complexity index is 525. The Morgan fingerprint density at radius 3 is 2.48 bits per heavy atom. The van der Waals surface area contributed by atoms with Gasteiger partial charge in [0.05, 0.1) is 11.4 Å². The molecule has 0 aliphatic carbocycles. The number of para-hydroxylation sites is 1. The number of sulfone groups is 1. The van der Waals surface area contributed by atoms with Gasteiger partial charge in [0.15, 0.2) is 0 Å². The summed E-state index contributed by atoms with van der Waals surface area (Å²) in [4.78, 5) is 2.14. The number of hydrogen-bond donors (Lipinski definition) is 2. The van der Waals surface area contributed by atoms with Gasteiger partial charge in [-0.3, -0.25) is 0 Å². The maximum atomic E-state index is 11.5. The third-order valence-corrected chi connectivity index (χ3v) is 5.61. The van der Waals surface area contributed by atoms with Crippen LogP contribution in [0, 0.1) is 0 Å². The number of nitrogens with zero attached hydrogens (tertiary/aromatic N) is 1. The van der Waals surface area contributed by atoms with Gasteiger partial charge < -0.3 is 15.3 Å². The van der Waals surface area contributed by atoms with Crippen molar-refractivity contribution in [1.82, 2.24) is 4.90 Å². The molecule has 2 rings (SSSR count). The summed E-state index contributed by atoms with van der Waals surface area (Å²) in [5, 5.41) is 13.0. The molecule has 6 heteroatoms. The zero-order valence-corrected chi connectivity index (χ0v) is 13.2. The van der Waals surface area contributed by atoms with Crippen LogP contribution in [-0.4, -0.2) is 62.2 Å². The highest BCUT2D eigenvalue weighted by atomic mass is 32.2. The second-order valence-electron chi connectivity index (χ2n) is 5.73. The van der Waals surface area contributed by atoms with E-state index in [0.717, 1.165) is 18.8 Å². The van der Waals surface area contributed by atoms with Crippen LogP contribution in [0.25, 0.3) is 0 Å². The largest absolute Gasteiger partial charge is 0.390 e. The Balaban J connectivity index is 1.71. The first-order chi connectivity index (χ1) is 9.95. The van der Waals surface area contributed by atoms with E-state index in [9.17, 15) is 13.5 Å². The molecule has 1 aliphatic rings. The van der Waals surface area contributed by atoms with Gasteiger partial charge in [-0.2, -0.15) is 0 Å². The van der Waals surface area contributed by atoms with Gasteiger partial charge in [0.2, 0.25) is 0 Å². The predicted octanol–water partition coefficient (Wildman–Crippen LogP) is 0.968. The van der Waals surface area contributed by atoms with Gasteiger partial charge in [0.1, 0.15) is 9.84 Å². The number of hydrogen-bond acceptors (Lipinski definition) is 5. The molecule has 1 heterocycles. The molecule has 0 aromatic heterocycles. The number of aliphatic hydroxyl groups excluding tert-OH is 1. The molecule has 21 heavy (non-hydrogen) atoms. The smallest absolute Gasteiger partial charge is 0.150 e. The molecular weight excluding hydrogens is 288 g/mol. The predicted molar refractivity (Wildman–Crippen MR) is 85.2 cm³/mol. The van der Waals surface area contributed by atoms with Crippen molar-refractivity contribution in [3.8, 4) is 0 Å². The van der Waals surface area contributed by atoms with Gasteiger partial charge in [-0.1, -0.05) is 18.2 Å². The summed E-state index contributed by atoms with van der Waals surface area (Å²) in [5.41, 5.74) is 0.993. The highest BCUT2D eigenvalue weighted by Gasteiger charge is 2.27. The first kappa shape index (κ1) is 16.3. The molecule has 0 radical (unpaired) electrons. The maximum Gasteiger partial charge on any atom is 0.150 e. The molecular formula is C15H24N2O3S. The minimum Gasteiger partial charge on any atom is -0.390 e. The second kappa shape index (κ2) is 7.24. The van der Waals surface area contributed by atoms with Crippen molar-refractivity contribution in [2.45, 2.75) is 24.2 Å². The molecule has 1 fully saturated rings. The van der Waals surface area contributed by atoms with E-state index in [1.807, 2.05) is 30.3 Å². The van der Waals surface area contributed by atoms with Crippen LogP contribution in [0.2, 0.25) is 0 Å². The van der Waals surface area contributed by atoms with Crippen LogP contribution in [0.1, 0.15) is 12.8 Å². The molecule has 0 amide bonds. The molecule has 118 valence electrons. The standard InChI is InChI=1S/C15H24N2O3S/c1-21(19,20)15-7-9-17(10-8-15)12-14(18)11-16-13-5-3-2-4-6-13/h2-6,14-16,18H,7-12H2,1H3. The van der Waals surface area contributed by atoms with Gasteiger partial charge in [0, 0.05) is 25.0 Å². The van der Waals surface area contributed by atoms with Crippen molar-refractivity contribution in [2.24, 2.45) is 0 Å². The number of piperidine rings is 1. The van der Waals surface area contributed by atoms with Crippen LogP contribution < -0.4 is 5.32 Å². The number of benzene rings is 1. The van der Waals surface area contributed by atoms with Gasteiger partial charge in [-0.15, -0.1) is 0 Å². The summed E-state index contributed by atoms with van der Waals surface area (Å²) in [5.74, 6) is 0. The lowest BCUT2D eigenvalue weighted by Crippen LogP contribution is -2.43. The molecule has 1 atom stereocenters. The number of rotatable bonds is 6. The minimum absolute atomic E-state index is 0.215. The quantitative estimate of drug-likeness (QED) is 0.819. The molecule has 0 bridgehead atoms. The molecule has 1 aromatic rings. The van der Waals surface area contributed by atoms with Crippen molar-refractivity contribution in [3.63, 3.8) is 0 Å². The Morgan fingerprint density at radius 2 is 1.90 bits per heavy atom. The van der Waals surface area contributed by atoms with Crippen molar-refractivity contribution >= 4 is 15.5 Å². The monoisotopic (exact) mass is 312 g/mol. The summed E-state index contributed by atoms with van der Waals surface area (Å²) in [7, 11) is -2.93. The van der Waals surface area contributed by atoms with Gasteiger partial charge in [0.25, 0.3) is 0 Å². The van der Waals surface area contributed by atoms with Crippen LogP contribution in [0.3, 0.4) is 0 Å². The highest BCUT2D eigenvalue weighted by molar-refractivity contribution is 7.91. The fourth-order valence-electron chi connectivity index (χ4n) is 2.67. The summed E-state index contributed by atoms with van der Waals surface area (Å²) < 4.78 is 23.0. The fourth-order valence-corrected chi connectivity index (χ4v) is 3.74. The maximum absolute atomic E-state index is 11.5. The second-order valence-corrected chi connectivity index (χ2v) is 8.06. The van der Waals surface area contributed by atoms with E-state index in [-0.39, 0.29) is 5.25 Å². The van der Waals surface area contributed by atoms with Gasteiger partial charge in [-0.05, 0) is 38.1 Å². The summed E-state index contributed by atoms with van der Waals surface area (Å²) >= 11 is 0. The third-order valence-electron chi connectivity index (χ3n) is 3.92. The Hall–Kier alpha value is -1.11. The molecule has 1 unspecified atom stereocenters. The van der Waals surface area contributed by atoms with E-state index >= 15 is 0 Å². The van der Waals surface area contributed by atoms with E-state index in [0.29, 0.717) is 25.9 Å². The first-order valence-electron chi connectivity index (χ1n) is 7.33. The van der Waals surface area contributed by atoms with Gasteiger partial charge in [-0.25, -0.2) is 8.42 Å². The lowest BCUT2D eigenvalue weighted by atomic mass is 10.1. The van der Waals surface area contributed by atoms with E-state index in [2.05, 4.69) is 10.2 Å². The van der Waals surface area contributed by atoms with E-state index in [4.69, 9.17) is 0 Å². The average molecular weight is 312 g/mol. The summed E-state index contributed by atoms with van der Waals surface area (Å²) in [6.45, 7) is 2.55. The number of aliphatic hydroxyl groups is 1. The van der Waals surface area contributed by atoms with E-state index in [1.165, 1.54) is 6.26 Å². The lowest BCUT2D eigenvalue weighted by molar-refractivity contribution is 0.110. The van der Waals surface area contributed by atoms with Crippen molar-refractivity contribution in [1.29, 1.82) is 0 Å². The number of likely N-dealkylation sites (tertiary alicyclic amines) is 1. The zero-order valence-electron chi connectivity index (χ0n) is 12.4. The topological polar surface area (TPSA) is 69.6 Å². The SMILES string of the molecule is CS(=O)(=O)C1CCN(CC(O)CNc2ccccc2)CC1. The summed E-state index contributed by atoms with van der Waals surface area (Å²) in [6.07, 6.45) is 2.18. The van der Waals surface area contributed by atoms with Crippen LogP contribution >= 0.6 is 0 Å². The van der Waals surface area contributed by atoms with E-state index in [1.54, 1.807) is 0 Å². The van der Waals surface area contributed by atoms with Crippen LogP contribution in [0.5, 0.6) is 0 Å². The molecule has 5 nitrogen and oxygen atoms in total. The summed E-state index contributed by atoms with van der Waals surface area (Å²) in [6, 6.07) is 9.78. The molecule has 2 N–H and O–H groups in total. The van der Waals surface area contributed by atoms with Crippen LogP contribution in [0.4, 0.5) is 5.69 Å². The average Bonchev–Trinajstić information content (AvgIpc) is 2.46. The number of anilines is 1. The van der Waals surface area contributed by atoms with Crippen LogP contribution in [0.15, 0.2) is 30.3 Å². The van der Waals surface area contributed by atoms with Crippen molar-refractivity contribution < 1.29 is 13.5 Å². The highest BCUT2D eigenvalue weighted by Crippen LogP contribution is 2.17. The van der Waals surface area contributed by atoms with Gasteiger partial charge >= 0.3 is 0 Å². The first-order valence-corrected chi connectivity index (χ1v) is 9.29. The van der Waals surface area contributed by atoms with Crippen LogP contribution in [-0.2, 0) is 9.84 Å². The Morgan fingerprint density at radius 1 is 1.29 bits per heavy atom. The molecule has 1 saturated heterocycles. The van der Waals surface area contributed by atoms with Crippen molar-refractivity contribution in [3.05, 3.63) is 30.3 Å². The normalized spacial score (nSPS) is 19.3. The molecule has 0 spiro atoms.